The maximum atomic E-state index is 11.0. The highest BCUT2D eigenvalue weighted by atomic mass is 32.2. The zero-order valence-electron chi connectivity index (χ0n) is 8.24. The second-order valence-corrected chi connectivity index (χ2v) is 4.89. The summed E-state index contributed by atoms with van der Waals surface area (Å²) >= 11 is 0. The van der Waals surface area contributed by atoms with E-state index >= 15 is 0 Å². The zero-order valence-corrected chi connectivity index (χ0v) is 9.06. The van der Waals surface area contributed by atoms with Gasteiger partial charge in [-0.2, -0.15) is 0 Å². The smallest absolute Gasteiger partial charge is 0.229 e. The molecule has 1 aromatic rings. The highest BCUT2D eigenvalue weighted by Crippen LogP contribution is 2.20. The van der Waals surface area contributed by atoms with E-state index in [1.54, 1.807) is 18.2 Å². The highest BCUT2D eigenvalue weighted by molar-refractivity contribution is 7.92. The molecule has 0 aromatic heterocycles. The molecule has 0 heterocycles. The van der Waals surface area contributed by atoms with Crippen molar-refractivity contribution in [2.24, 2.45) is 0 Å². The third-order valence-electron chi connectivity index (χ3n) is 1.81. The Morgan fingerprint density at radius 3 is 2.57 bits per heavy atom. The van der Waals surface area contributed by atoms with Crippen molar-refractivity contribution in [2.75, 3.05) is 16.7 Å². The molecule has 0 aliphatic rings. The van der Waals surface area contributed by atoms with E-state index in [4.69, 9.17) is 5.73 Å². The molecule has 0 amide bonds. The summed E-state index contributed by atoms with van der Waals surface area (Å²) in [6.07, 6.45) is 1.87. The first-order chi connectivity index (χ1) is 6.42. The van der Waals surface area contributed by atoms with E-state index in [1.807, 2.05) is 6.92 Å². The summed E-state index contributed by atoms with van der Waals surface area (Å²) in [4.78, 5) is 0. The normalized spacial score (nSPS) is 11.3. The summed E-state index contributed by atoms with van der Waals surface area (Å²) in [5.41, 5.74) is 7.73. The summed E-state index contributed by atoms with van der Waals surface area (Å²) in [5, 5.41) is 0. The van der Waals surface area contributed by atoms with Gasteiger partial charge in [-0.05, 0) is 30.2 Å². The molecule has 0 aliphatic carbocycles. The van der Waals surface area contributed by atoms with Crippen LogP contribution in [0.5, 0.6) is 0 Å². The molecule has 0 unspecified atom stereocenters. The van der Waals surface area contributed by atoms with Gasteiger partial charge in [0, 0.05) is 5.69 Å². The van der Waals surface area contributed by atoms with Gasteiger partial charge in [0.05, 0.1) is 11.9 Å². The van der Waals surface area contributed by atoms with Crippen molar-refractivity contribution in [1.82, 2.24) is 0 Å². The number of rotatable bonds is 3. The summed E-state index contributed by atoms with van der Waals surface area (Å²) < 4.78 is 24.5. The number of nitrogens with one attached hydrogen (secondary N) is 1. The van der Waals surface area contributed by atoms with Crippen molar-refractivity contribution in [3.05, 3.63) is 23.8 Å². The molecule has 0 radical (unpaired) electrons. The van der Waals surface area contributed by atoms with Crippen LogP contribution in [0.3, 0.4) is 0 Å². The fourth-order valence-electron chi connectivity index (χ4n) is 1.21. The Morgan fingerprint density at radius 2 is 2.07 bits per heavy atom. The SMILES string of the molecule is CCc1cc(N)ccc1NS(C)(=O)=O. The predicted octanol–water partition coefficient (Wildman–Crippen LogP) is 1.20. The average molecular weight is 214 g/mol. The Balaban J connectivity index is 3.09. The molecule has 0 bridgehead atoms. The lowest BCUT2D eigenvalue weighted by atomic mass is 10.1. The first-order valence-electron chi connectivity index (χ1n) is 4.28. The second kappa shape index (κ2) is 3.88. The van der Waals surface area contributed by atoms with Crippen LogP contribution in [0.2, 0.25) is 0 Å². The molecular formula is C9H14N2O2S. The van der Waals surface area contributed by atoms with Gasteiger partial charge in [0.15, 0.2) is 0 Å². The summed E-state index contributed by atoms with van der Waals surface area (Å²) in [6, 6.07) is 5.12. The van der Waals surface area contributed by atoms with Crippen LogP contribution in [0.15, 0.2) is 18.2 Å². The van der Waals surface area contributed by atoms with E-state index in [-0.39, 0.29) is 0 Å². The van der Waals surface area contributed by atoms with Gasteiger partial charge in [0.1, 0.15) is 0 Å². The van der Waals surface area contributed by atoms with Crippen molar-refractivity contribution in [2.45, 2.75) is 13.3 Å². The minimum atomic E-state index is -3.21. The Kier molecular flexibility index (Phi) is 3.00. The van der Waals surface area contributed by atoms with E-state index < -0.39 is 10.0 Å². The van der Waals surface area contributed by atoms with Crippen LogP contribution in [0, 0.1) is 0 Å². The molecule has 1 rings (SSSR count). The molecule has 14 heavy (non-hydrogen) atoms. The van der Waals surface area contributed by atoms with E-state index in [1.165, 1.54) is 0 Å². The summed E-state index contributed by atoms with van der Waals surface area (Å²) in [7, 11) is -3.21. The molecular weight excluding hydrogens is 200 g/mol. The van der Waals surface area contributed by atoms with E-state index in [0.29, 0.717) is 11.4 Å². The Labute approximate surface area is 84.2 Å². The van der Waals surface area contributed by atoms with Crippen molar-refractivity contribution < 1.29 is 8.42 Å². The van der Waals surface area contributed by atoms with E-state index in [0.717, 1.165) is 18.2 Å². The quantitative estimate of drug-likeness (QED) is 0.743. The van der Waals surface area contributed by atoms with Gasteiger partial charge in [0.2, 0.25) is 10.0 Å². The molecule has 1 aromatic carbocycles. The van der Waals surface area contributed by atoms with Crippen LogP contribution >= 0.6 is 0 Å². The van der Waals surface area contributed by atoms with Crippen LogP contribution in [0.4, 0.5) is 11.4 Å². The monoisotopic (exact) mass is 214 g/mol. The van der Waals surface area contributed by atoms with Crippen LogP contribution in [-0.4, -0.2) is 14.7 Å². The van der Waals surface area contributed by atoms with Crippen molar-refractivity contribution in [1.29, 1.82) is 0 Å². The standard InChI is InChI=1S/C9H14N2O2S/c1-3-7-6-8(10)4-5-9(7)11-14(2,12)13/h4-6,11H,3,10H2,1-2H3. The zero-order chi connectivity index (χ0) is 10.8. The van der Waals surface area contributed by atoms with Gasteiger partial charge >= 0.3 is 0 Å². The van der Waals surface area contributed by atoms with Crippen LogP contribution in [-0.2, 0) is 16.4 Å². The summed E-state index contributed by atoms with van der Waals surface area (Å²) in [6.45, 7) is 1.95. The Bertz CT molecular complexity index is 426. The van der Waals surface area contributed by atoms with Crippen LogP contribution < -0.4 is 10.5 Å². The number of nitrogens with two attached hydrogens (primary N) is 1. The first kappa shape index (κ1) is 10.8. The van der Waals surface area contributed by atoms with Gasteiger partial charge in [-0.1, -0.05) is 6.92 Å². The predicted molar refractivity (Wildman–Crippen MR) is 58.7 cm³/mol. The lowest BCUT2D eigenvalue weighted by Crippen LogP contribution is -2.11. The van der Waals surface area contributed by atoms with Crippen molar-refractivity contribution >= 4 is 21.4 Å². The molecule has 0 spiro atoms. The minimum Gasteiger partial charge on any atom is -0.399 e. The van der Waals surface area contributed by atoms with Gasteiger partial charge < -0.3 is 5.73 Å². The molecule has 4 nitrogen and oxygen atoms in total. The number of sulfonamides is 1. The lowest BCUT2D eigenvalue weighted by molar-refractivity contribution is 0.606. The largest absolute Gasteiger partial charge is 0.399 e. The summed E-state index contributed by atoms with van der Waals surface area (Å²) in [5.74, 6) is 0. The fourth-order valence-corrected chi connectivity index (χ4v) is 1.80. The van der Waals surface area contributed by atoms with E-state index in [2.05, 4.69) is 4.72 Å². The van der Waals surface area contributed by atoms with Crippen LogP contribution in [0.25, 0.3) is 0 Å². The third kappa shape index (κ3) is 2.92. The molecule has 0 saturated carbocycles. The van der Waals surface area contributed by atoms with Gasteiger partial charge in [0.25, 0.3) is 0 Å². The lowest BCUT2D eigenvalue weighted by Gasteiger charge is -2.09. The fraction of sp³-hybridized carbons (Fsp3) is 0.333. The first-order valence-corrected chi connectivity index (χ1v) is 6.17. The van der Waals surface area contributed by atoms with Gasteiger partial charge in [-0.25, -0.2) is 8.42 Å². The molecule has 0 saturated heterocycles. The number of nitrogen functional groups attached to an aromatic ring is 1. The molecule has 3 N–H and O–H groups in total. The minimum absolute atomic E-state index is 0.601. The molecule has 0 fully saturated rings. The Hall–Kier alpha value is -1.23. The molecule has 5 heteroatoms. The molecule has 78 valence electrons. The van der Waals surface area contributed by atoms with Gasteiger partial charge in [-0.15, -0.1) is 0 Å². The number of hydrogen-bond acceptors (Lipinski definition) is 3. The maximum absolute atomic E-state index is 11.0. The highest BCUT2D eigenvalue weighted by Gasteiger charge is 2.06. The van der Waals surface area contributed by atoms with Crippen molar-refractivity contribution in [3.63, 3.8) is 0 Å². The number of hydrogen-bond donors (Lipinski definition) is 2. The molecule has 0 atom stereocenters. The number of aryl methyl sites for hydroxylation is 1. The topological polar surface area (TPSA) is 72.2 Å². The maximum Gasteiger partial charge on any atom is 0.229 e. The number of benzene rings is 1. The second-order valence-electron chi connectivity index (χ2n) is 3.14. The van der Waals surface area contributed by atoms with Gasteiger partial charge in [-0.3, -0.25) is 4.72 Å². The third-order valence-corrected chi connectivity index (χ3v) is 2.40. The van der Waals surface area contributed by atoms with Crippen LogP contribution in [0.1, 0.15) is 12.5 Å². The number of anilines is 2. The Morgan fingerprint density at radius 1 is 1.43 bits per heavy atom. The average Bonchev–Trinajstić information content (AvgIpc) is 2.06. The molecule has 0 aliphatic heterocycles. The van der Waals surface area contributed by atoms with E-state index in [9.17, 15) is 8.42 Å². The van der Waals surface area contributed by atoms with Crippen molar-refractivity contribution in [3.8, 4) is 0 Å².